The van der Waals surface area contributed by atoms with Gasteiger partial charge in [0, 0.05) is 38.3 Å². The lowest BCUT2D eigenvalue weighted by Gasteiger charge is -2.31. The Kier molecular flexibility index (Phi) is 8.58. The minimum Gasteiger partial charge on any atom is -0.497 e. The van der Waals surface area contributed by atoms with E-state index in [9.17, 15) is 8.42 Å². The molecule has 2 aromatic heterocycles. The molecule has 1 N–H and O–H groups in total. The highest BCUT2D eigenvalue weighted by Gasteiger charge is 2.30. The topological polar surface area (TPSA) is 89.4 Å². The van der Waals surface area contributed by atoms with Gasteiger partial charge in [-0.2, -0.15) is 8.68 Å². The number of aryl methyl sites for hydroxylation is 2. The summed E-state index contributed by atoms with van der Waals surface area (Å²) in [4.78, 5) is 4.36. The summed E-state index contributed by atoms with van der Waals surface area (Å²) < 4.78 is 41.9. The van der Waals surface area contributed by atoms with Gasteiger partial charge in [-0.05, 0) is 79.4 Å². The van der Waals surface area contributed by atoms with E-state index >= 15 is 0 Å². The van der Waals surface area contributed by atoms with Crippen molar-refractivity contribution in [1.29, 1.82) is 0 Å². The SMILES string of the molecule is COc1ccc(C2CCC(CN(CCCNc3nsc4ccccc34)S(=O)(=O)c3cn(C)c(C)n3)=CC2C)cc1. The molecule has 0 radical (unpaired) electrons. The molecule has 2 aromatic carbocycles. The zero-order chi connectivity index (χ0) is 28.3. The van der Waals surface area contributed by atoms with Crippen LogP contribution in [0, 0.1) is 12.8 Å². The Labute approximate surface area is 240 Å². The first-order chi connectivity index (χ1) is 19.3. The molecule has 0 bridgehead atoms. The van der Waals surface area contributed by atoms with Crippen molar-refractivity contribution in [3.05, 3.63) is 77.8 Å². The molecule has 40 heavy (non-hydrogen) atoms. The van der Waals surface area contributed by atoms with Crippen molar-refractivity contribution in [2.75, 3.05) is 32.1 Å². The van der Waals surface area contributed by atoms with Gasteiger partial charge in [-0.1, -0.05) is 42.8 Å². The standard InChI is InChI=1S/C30H37N5O3S2/c1-21-18-23(10-15-26(21)24-11-13-25(38-4)14-12-24)19-35(40(36,37)29-20-34(3)22(2)32-29)17-7-16-31-30-27-8-5-6-9-28(27)39-33-30/h5-6,8-9,11-14,18,20-21,26H,7,10,15-17,19H2,1-4H3,(H,31,33). The summed E-state index contributed by atoms with van der Waals surface area (Å²) >= 11 is 1.46. The molecule has 1 aliphatic carbocycles. The van der Waals surface area contributed by atoms with Crippen LogP contribution in [0.5, 0.6) is 5.75 Å². The van der Waals surface area contributed by atoms with Crippen molar-refractivity contribution in [2.24, 2.45) is 13.0 Å². The van der Waals surface area contributed by atoms with E-state index in [1.54, 1.807) is 22.2 Å². The lowest BCUT2D eigenvalue weighted by atomic mass is 9.77. The third-order valence-electron chi connectivity index (χ3n) is 7.78. The molecule has 5 rings (SSSR count). The molecule has 1 aliphatic rings. The second-order valence-electron chi connectivity index (χ2n) is 10.5. The number of rotatable bonds is 11. The van der Waals surface area contributed by atoms with E-state index in [1.165, 1.54) is 17.1 Å². The minimum atomic E-state index is -3.76. The van der Waals surface area contributed by atoms with Gasteiger partial charge in [-0.3, -0.25) is 0 Å². The van der Waals surface area contributed by atoms with Crippen molar-refractivity contribution in [1.82, 2.24) is 18.2 Å². The summed E-state index contributed by atoms with van der Waals surface area (Å²) in [6.45, 7) is 5.42. The molecular weight excluding hydrogens is 542 g/mol. The van der Waals surface area contributed by atoms with Gasteiger partial charge < -0.3 is 14.6 Å². The Morgan fingerprint density at radius 3 is 2.65 bits per heavy atom. The van der Waals surface area contributed by atoms with E-state index in [0.717, 1.165) is 40.1 Å². The minimum absolute atomic E-state index is 0.103. The summed E-state index contributed by atoms with van der Waals surface area (Å²) in [5.74, 6) is 3.08. The first-order valence-electron chi connectivity index (χ1n) is 13.7. The second-order valence-corrected chi connectivity index (χ2v) is 13.2. The second kappa shape index (κ2) is 12.1. The van der Waals surface area contributed by atoms with Crippen molar-refractivity contribution < 1.29 is 13.2 Å². The summed E-state index contributed by atoms with van der Waals surface area (Å²) in [7, 11) is -0.262. The van der Waals surface area contributed by atoms with Crippen LogP contribution in [-0.2, 0) is 17.1 Å². The maximum atomic E-state index is 13.8. The van der Waals surface area contributed by atoms with Gasteiger partial charge >= 0.3 is 0 Å². The Morgan fingerprint density at radius 1 is 1.18 bits per heavy atom. The van der Waals surface area contributed by atoms with E-state index < -0.39 is 10.0 Å². The molecule has 0 fully saturated rings. The molecule has 4 aromatic rings. The predicted molar refractivity (Wildman–Crippen MR) is 162 cm³/mol. The number of hydrogen-bond acceptors (Lipinski definition) is 7. The quantitative estimate of drug-likeness (QED) is 0.174. The van der Waals surface area contributed by atoms with Crippen LogP contribution in [0.3, 0.4) is 0 Å². The fourth-order valence-electron chi connectivity index (χ4n) is 5.40. The van der Waals surface area contributed by atoms with E-state index in [1.807, 2.05) is 38.2 Å². The van der Waals surface area contributed by atoms with Crippen molar-refractivity contribution >= 4 is 37.5 Å². The van der Waals surface area contributed by atoms with Crippen LogP contribution in [0.1, 0.15) is 43.5 Å². The summed E-state index contributed by atoms with van der Waals surface area (Å²) in [5, 5.41) is 4.60. The van der Waals surface area contributed by atoms with Crippen molar-refractivity contribution in [3.8, 4) is 5.75 Å². The number of ether oxygens (including phenoxy) is 1. The summed E-state index contributed by atoms with van der Waals surface area (Å²) in [5.41, 5.74) is 2.45. The number of hydrogen-bond donors (Lipinski definition) is 1. The van der Waals surface area contributed by atoms with Crippen molar-refractivity contribution in [2.45, 2.75) is 44.1 Å². The maximum Gasteiger partial charge on any atom is 0.262 e. The Morgan fingerprint density at radius 2 is 1.95 bits per heavy atom. The normalized spacial score (nSPS) is 17.8. The molecule has 0 saturated carbocycles. The Balaban J connectivity index is 1.30. The Hall–Kier alpha value is -3.21. The van der Waals surface area contributed by atoms with Crippen LogP contribution in [-0.4, -0.2) is 53.4 Å². The van der Waals surface area contributed by atoms with Gasteiger partial charge in [0.05, 0.1) is 11.8 Å². The number of sulfonamides is 1. The van der Waals surface area contributed by atoms with Gasteiger partial charge in [-0.25, -0.2) is 13.4 Å². The van der Waals surface area contributed by atoms with Gasteiger partial charge in [0.1, 0.15) is 17.4 Å². The zero-order valence-corrected chi connectivity index (χ0v) is 25.1. The number of methoxy groups -OCH3 is 1. The van der Waals surface area contributed by atoms with Gasteiger partial charge in [0.25, 0.3) is 10.0 Å². The molecular formula is C30H37N5O3S2. The molecule has 0 spiro atoms. The average molecular weight is 580 g/mol. The third-order valence-corrected chi connectivity index (χ3v) is 10.3. The maximum absolute atomic E-state index is 13.8. The van der Waals surface area contributed by atoms with Crippen molar-refractivity contribution in [3.63, 3.8) is 0 Å². The summed E-state index contributed by atoms with van der Waals surface area (Å²) in [6, 6.07) is 16.4. The molecule has 2 atom stereocenters. The molecule has 2 heterocycles. The number of benzene rings is 2. The van der Waals surface area contributed by atoms with E-state index in [2.05, 4.69) is 51.9 Å². The molecule has 8 nitrogen and oxygen atoms in total. The average Bonchev–Trinajstić information content (AvgIpc) is 3.53. The van der Waals surface area contributed by atoms with Crippen LogP contribution >= 0.6 is 11.5 Å². The fourth-order valence-corrected chi connectivity index (χ4v) is 7.66. The molecule has 212 valence electrons. The number of nitrogens with one attached hydrogen (secondary N) is 1. The zero-order valence-electron chi connectivity index (χ0n) is 23.5. The molecule has 0 amide bonds. The summed E-state index contributed by atoms with van der Waals surface area (Å²) in [6.07, 6.45) is 6.36. The molecule has 0 saturated heterocycles. The third kappa shape index (κ3) is 6.09. The molecule has 10 heteroatoms. The lowest BCUT2D eigenvalue weighted by molar-refractivity contribution is 0.405. The van der Waals surface area contributed by atoms with Gasteiger partial charge in [-0.15, -0.1) is 0 Å². The number of aromatic nitrogens is 3. The van der Waals surface area contributed by atoms with Crippen LogP contribution in [0.4, 0.5) is 5.82 Å². The van der Waals surface area contributed by atoms with Gasteiger partial charge in [0.15, 0.2) is 5.03 Å². The Bertz CT molecular complexity index is 1570. The van der Waals surface area contributed by atoms with Crippen LogP contribution in [0.2, 0.25) is 0 Å². The highest BCUT2D eigenvalue weighted by Crippen LogP contribution is 2.37. The van der Waals surface area contributed by atoms with Crippen LogP contribution in [0.15, 0.2) is 71.4 Å². The number of anilines is 1. The monoisotopic (exact) mass is 579 g/mol. The van der Waals surface area contributed by atoms with E-state index in [4.69, 9.17) is 4.74 Å². The van der Waals surface area contributed by atoms with E-state index in [-0.39, 0.29) is 5.03 Å². The highest BCUT2D eigenvalue weighted by atomic mass is 32.2. The van der Waals surface area contributed by atoms with Crippen LogP contribution < -0.4 is 10.1 Å². The van der Waals surface area contributed by atoms with Crippen LogP contribution in [0.25, 0.3) is 10.1 Å². The first-order valence-corrected chi connectivity index (χ1v) is 15.9. The largest absolute Gasteiger partial charge is 0.497 e. The number of fused-ring (bicyclic) bond motifs is 1. The smallest absolute Gasteiger partial charge is 0.262 e. The predicted octanol–water partition coefficient (Wildman–Crippen LogP) is 5.98. The van der Waals surface area contributed by atoms with E-state index in [0.29, 0.717) is 43.7 Å². The van der Waals surface area contributed by atoms with Gasteiger partial charge in [0.2, 0.25) is 0 Å². The molecule has 0 aliphatic heterocycles. The highest BCUT2D eigenvalue weighted by molar-refractivity contribution is 7.89. The lowest BCUT2D eigenvalue weighted by Crippen LogP contribution is -2.35. The number of nitrogens with zero attached hydrogens (tertiary/aromatic N) is 4. The molecule has 2 unspecified atom stereocenters. The fraction of sp³-hybridized carbons (Fsp3) is 0.400. The number of allylic oxidation sites excluding steroid dienone is 1. The number of imidazole rings is 1. The first kappa shape index (κ1) is 28.3.